The van der Waals surface area contributed by atoms with E-state index in [2.05, 4.69) is 17.5 Å². The molecule has 1 atom stereocenters. The Morgan fingerprint density at radius 2 is 2.06 bits per heavy atom. The van der Waals surface area contributed by atoms with Crippen molar-refractivity contribution in [3.8, 4) is 0 Å². The monoisotopic (exact) mass is 246 g/mol. The average molecular weight is 246 g/mol. The second kappa shape index (κ2) is 6.31. The molecule has 0 saturated carbocycles. The Balaban J connectivity index is 1.76. The molecule has 0 radical (unpaired) electrons. The van der Waals surface area contributed by atoms with Crippen molar-refractivity contribution in [2.45, 2.75) is 25.8 Å². The fourth-order valence-corrected chi connectivity index (χ4v) is 2.20. The second-order valence-corrected chi connectivity index (χ2v) is 4.70. The van der Waals surface area contributed by atoms with Crippen molar-refractivity contribution >= 4 is 5.69 Å². The number of nitro benzene ring substituents is 1. The summed E-state index contributed by atoms with van der Waals surface area (Å²) in [5.41, 5.74) is 1.24. The Bertz CT molecular complexity index is 426. The van der Waals surface area contributed by atoms with Gasteiger partial charge in [-0.2, -0.15) is 0 Å². The van der Waals surface area contributed by atoms with Crippen molar-refractivity contribution < 1.29 is 4.92 Å². The molecule has 0 amide bonds. The molecule has 1 aromatic carbocycles. The molecular weight excluding hydrogens is 228 g/mol. The van der Waals surface area contributed by atoms with Crippen molar-refractivity contribution in [3.05, 3.63) is 52.1 Å². The summed E-state index contributed by atoms with van der Waals surface area (Å²) in [5.74, 6) is 0.730. The smallest absolute Gasteiger partial charge is 0.269 e. The van der Waals surface area contributed by atoms with Crippen LogP contribution in [0.3, 0.4) is 0 Å². The maximum Gasteiger partial charge on any atom is 0.269 e. The highest BCUT2D eigenvalue weighted by molar-refractivity contribution is 5.32. The van der Waals surface area contributed by atoms with E-state index >= 15 is 0 Å². The highest BCUT2D eigenvalue weighted by Crippen LogP contribution is 2.17. The first-order valence-corrected chi connectivity index (χ1v) is 6.35. The van der Waals surface area contributed by atoms with E-state index < -0.39 is 0 Å². The van der Waals surface area contributed by atoms with Crippen molar-refractivity contribution in [1.82, 2.24) is 5.32 Å². The van der Waals surface area contributed by atoms with E-state index in [4.69, 9.17) is 0 Å². The fourth-order valence-electron chi connectivity index (χ4n) is 2.20. The molecule has 2 rings (SSSR count). The molecule has 1 N–H and O–H groups in total. The third-order valence-electron chi connectivity index (χ3n) is 3.29. The normalized spacial score (nSPS) is 18.8. The second-order valence-electron chi connectivity index (χ2n) is 4.70. The average Bonchev–Trinajstić information content (AvgIpc) is 2.40. The van der Waals surface area contributed by atoms with Crippen LogP contribution in [0.5, 0.6) is 0 Å². The third-order valence-corrected chi connectivity index (χ3v) is 3.29. The van der Waals surface area contributed by atoms with Gasteiger partial charge in [0.15, 0.2) is 0 Å². The number of rotatable bonds is 5. The van der Waals surface area contributed by atoms with Gasteiger partial charge in [0.2, 0.25) is 0 Å². The lowest BCUT2D eigenvalue weighted by Crippen LogP contribution is -2.23. The van der Waals surface area contributed by atoms with E-state index in [0.29, 0.717) is 0 Å². The van der Waals surface area contributed by atoms with Crippen LogP contribution in [0.2, 0.25) is 0 Å². The number of nitrogens with one attached hydrogen (secondary N) is 1. The molecule has 1 unspecified atom stereocenters. The maximum atomic E-state index is 10.5. The molecule has 0 heterocycles. The molecule has 1 aromatic rings. The number of nitro groups is 1. The Morgan fingerprint density at radius 1 is 1.28 bits per heavy atom. The van der Waals surface area contributed by atoms with E-state index in [1.807, 2.05) is 12.1 Å². The number of hydrogen-bond donors (Lipinski definition) is 1. The van der Waals surface area contributed by atoms with Crippen molar-refractivity contribution in [3.63, 3.8) is 0 Å². The van der Waals surface area contributed by atoms with Crippen LogP contribution >= 0.6 is 0 Å². The van der Waals surface area contributed by atoms with Gasteiger partial charge >= 0.3 is 0 Å². The van der Waals surface area contributed by atoms with Gasteiger partial charge in [-0.05, 0) is 37.3 Å². The van der Waals surface area contributed by atoms with Gasteiger partial charge in [-0.15, -0.1) is 0 Å². The molecule has 0 bridgehead atoms. The van der Waals surface area contributed by atoms with Crippen molar-refractivity contribution in [2.75, 3.05) is 6.54 Å². The molecule has 0 fully saturated rings. The topological polar surface area (TPSA) is 55.2 Å². The summed E-state index contributed by atoms with van der Waals surface area (Å²) in [6, 6.07) is 6.73. The molecule has 0 spiro atoms. The van der Waals surface area contributed by atoms with Gasteiger partial charge in [-0.1, -0.05) is 24.3 Å². The zero-order chi connectivity index (χ0) is 12.8. The van der Waals surface area contributed by atoms with E-state index in [0.717, 1.165) is 31.0 Å². The van der Waals surface area contributed by atoms with E-state index in [9.17, 15) is 10.1 Å². The van der Waals surface area contributed by atoms with Crippen LogP contribution in [0.1, 0.15) is 24.8 Å². The summed E-state index contributed by atoms with van der Waals surface area (Å²) in [4.78, 5) is 10.1. The van der Waals surface area contributed by atoms with Crippen LogP contribution in [0.4, 0.5) is 5.69 Å². The number of benzene rings is 1. The lowest BCUT2D eigenvalue weighted by atomic mass is 9.94. The Morgan fingerprint density at radius 3 is 2.67 bits per heavy atom. The van der Waals surface area contributed by atoms with Gasteiger partial charge < -0.3 is 5.32 Å². The maximum absolute atomic E-state index is 10.5. The molecule has 4 nitrogen and oxygen atoms in total. The van der Waals surface area contributed by atoms with Gasteiger partial charge in [-0.25, -0.2) is 0 Å². The molecule has 1 aliphatic rings. The van der Waals surface area contributed by atoms with E-state index in [1.54, 1.807) is 12.1 Å². The Kier molecular flexibility index (Phi) is 4.47. The van der Waals surface area contributed by atoms with Crippen LogP contribution < -0.4 is 5.32 Å². The number of nitrogens with zero attached hydrogens (tertiary/aromatic N) is 1. The molecule has 4 heteroatoms. The first kappa shape index (κ1) is 12.8. The first-order chi connectivity index (χ1) is 8.75. The quantitative estimate of drug-likeness (QED) is 0.493. The van der Waals surface area contributed by atoms with Gasteiger partial charge in [0.25, 0.3) is 5.69 Å². The summed E-state index contributed by atoms with van der Waals surface area (Å²) >= 11 is 0. The van der Waals surface area contributed by atoms with Crippen molar-refractivity contribution in [1.29, 1.82) is 0 Å². The van der Waals surface area contributed by atoms with Crippen molar-refractivity contribution in [2.24, 2.45) is 5.92 Å². The predicted molar refractivity (Wildman–Crippen MR) is 71.3 cm³/mol. The number of allylic oxidation sites excluding steroid dienone is 2. The first-order valence-electron chi connectivity index (χ1n) is 6.35. The fraction of sp³-hybridized carbons (Fsp3) is 0.429. The lowest BCUT2D eigenvalue weighted by Gasteiger charge is -2.18. The summed E-state index contributed by atoms with van der Waals surface area (Å²) in [7, 11) is 0. The molecule has 96 valence electrons. The largest absolute Gasteiger partial charge is 0.312 e. The third kappa shape index (κ3) is 3.67. The van der Waals surface area contributed by atoms with Crippen LogP contribution in [-0.2, 0) is 6.54 Å². The molecule has 1 aliphatic carbocycles. The molecule has 0 aliphatic heterocycles. The minimum atomic E-state index is -0.369. The van der Waals surface area contributed by atoms with Crippen LogP contribution in [0, 0.1) is 16.0 Å². The van der Waals surface area contributed by atoms with E-state index in [-0.39, 0.29) is 10.6 Å². The Labute approximate surface area is 107 Å². The van der Waals surface area contributed by atoms with Gasteiger partial charge in [0.05, 0.1) is 4.92 Å². The lowest BCUT2D eigenvalue weighted by molar-refractivity contribution is -0.384. The van der Waals surface area contributed by atoms with E-state index in [1.165, 1.54) is 12.8 Å². The van der Waals surface area contributed by atoms with Gasteiger partial charge in [0, 0.05) is 18.7 Å². The summed E-state index contributed by atoms with van der Waals surface area (Å²) in [5, 5.41) is 13.9. The Hall–Kier alpha value is -1.68. The summed E-state index contributed by atoms with van der Waals surface area (Å²) < 4.78 is 0. The highest BCUT2D eigenvalue weighted by Gasteiger charge is 2.09. The SMILES string of the molecule is O=[N+]([O-])c1ccc(CNCC2CC=CCC2)cc1. The van der Waals surface area contributed by atoms with Crippen LogP contribution in [0.15, 0.2) is 36.4 Å². The standard InChI is InChI=1S/C14H18N2O2/c17-16(18)14-8-6-13(7-9-14)11-15-10-12-4-2-1-3-5-12/h1-2,6-9,12,15H,3-5,10-11H2. The highest BCUT2D eigenvalue weighted by atomic mass is 16.6. The molecule has 0 saturated heterocycles. The molecule has 18 heavy (non-hydrogen) atoms. The number of non-ortho nitro benzene ring substituents is 1. The minimum absolute atomic E-state index is 0.149. The predicted octanol–water partition coefficient (Wildman–Crippen LogP) is 3.04. The number of hydrogen-bond acceptors (Lipinski definition) is 3. The van der Waals surface area contributed by atoms with Gasteiger partial charge in [-0.3, -0.25) is 10.1 Å². The molecule has 0 aromatic heterocycles. The zero-order valence-electron chi connectivity index (χ0n) is 10.3. The minimum Gasteiger partial charge on any atom is -0.312 e. The van der Waals surface area contributed by atoms with Crippen LogP contribution in [-0.4, -0.2) is 11.5 Å². The zero-order valence-corrected chi connectivity index (χ0v) is 10.3. The summed E-state index contributed by atoms with van der Waals surface area (Å²) in [6.07, 6.45) is 8.09. The van der Waals surface area contributed by atoms with Crippen LogP contribution in [0.25, 0.3) is 0 Å². The van der Waals surface area contributed by atoms with Gasteiger partial charge in [0.1, 0.15) is 0 Å². The summed E-state index contributed by atoms with van der Waals surface area (Å²) in [6.45, 7) is 1.79. The molecular formula is C14H18N2O2.